The Morgan fingerprint density at radius 3 is 2.53 bits per heavy atom. The molecule has 0 aliphatic heterocycles. The molecule has 3 N–H and O–H groups in total. The van der Waals surface area contributed by atoms with Crippen LogP contribution in [0.4, 0.5) is 0 Å². The van der Waals surface area contributed by atoms with E-state index in [2.05, 4.69) is 4.98 Å². The van der Waals surface area contributed by atoms with Gasteiger partial charge < -0.3 is 10.2 Å². The van der Waals surface area contributed by atoms with E-state index in [-0.39, 0.29) is 11.3 Å². The minimum absolute atomic E-state index is 0.184. The molecule has 19 heavy (non-hydrogen) atoms. The molecule has 0 spiro atoms. The van der Waals surface area contributed by atoms with E-state index >= 15 is 0 Å². The number of nitrogens with one attached hydrogen (secondary N) is 1. The molecule has 0 saturated heterocycles. The van der Waals surface area contributed by atoms with Crippen molar-refractivity contribution in [2.75, 3.05) is 0 Å². The summed E-state index contributed by atoms with van der Waals surface area (Å²) in [5, 5.41) is 17.3. The van der Waals surface area contributed by atoms with Gasteiger partial charge in [-0.3, -0.25) is 14.6 Å². The lowest BCUT2D eigenvalue weighted by atomic mass is 10.2. The number of carboxylic acids is 2. The number of sulfonamides is 1. The van der Waals surface area contributed by atoms with E-state index in [0.717, 1.165) is 6.20 Å². The van der Waals surface area contributed by atoms with Crippen LogP contribution in [0.1, 0.15) is 12.8 Å². The number of hydrogen-bond acceptors (Lipinski definition) is 5. The van der Waals surface area contributed by atoms with Crippen LogP contribution in [-0.2, 0) is 19.6 Å². The van der Waals surface area contributed by atoms with Gasteiger partial charge in [-0.25, -0.2) is 8.42 Å². The second kappa shape index (κ2) is 6.25. The zero-order valence-corrected chi connectivity index (χ0v) is 10.5. The predicted molar refractivity (Wildman–Crippen MR) is 62.9 cm³/mol. The van der Waals surface area contributed by atoms with E-state index in [1.807, 2.05) is 4.72 Å². The van der Waals surface area contributed by atoms with Crippen molar-refractivity contribution in [3.63, 3.8) is 0 Å². The molecule has 0 radical (unpaired) electrons. The minimum Gasteiger partial charge on any atom is -0.481 e. The molecule has 0 amide bonds. The van der Waals surface area contributed by atoms with E-state index in [9.17, 15) is 18.0 Å². The summed E-state index contributed by atoms with van der Waals surface area (Å²) in [7, 11) is -4.04. The van der Waals surface area contributed by atoms with Crippen molar-refractivity contribution >= 4 is 22.0 Å². The van der Waals surface area contributed by atoms with Gasteiger partial charge >= 0.3 is 11.9 Å². The fraction of sp³-hybridized carbons (Fsp3) is 0.300. The van der Waals surface area contributed by atoms with Crippen LogP contribution in [0, 0.1) is 0 Å². The van der Waals surface area contributed by atoms with Crippen LogP contribution < -0.4 is 4.72 Å². The largest absolute Gasteiger partial charge is 0.481 e. The Morgan fingerprint density at radius 2 is 2.05 bits per heavy atom. The molecule has 0 aliphatic carbocycles. The first kappa shape index (κ1) is 15.1. The Balaban J connectivity index is 2.84. The SMILES string of the molecule is O=C(O)CCC(NS(=O)(=O)c1cccnc1)C(=O)O. The molecule has 0 fully saturated rings. The van der Waals surface area contributed by atoms with Crippen molar-refractivity contribution in [1.82, 2.24) is 9.71 Å². The highest BCUT2D eigenvalue weighted by molar-refractivity contribution is 7.89. The Bertz CT molecular complexity index is 557. The number of nitrogens with zero attached hydrogens (tertiary/aromatic N) is 1. The normalized spacial score (nSPS) is 12.8. The third-order valence-corrected chi connectivity index (χ3v) is 3.64. The van der Waals surface area contributed by atoms with E-state index in [0.29, 0.717) is 0 Å². The minimum atomic E-state index is -4.04. The second-order valence-electron chi connectivity index (χ2n) is 3.63. The lowest BCUT2D eigenvalue weighted by molar-refractivity contribution is -0.140. The van der Waals surface area contributed by atoms with Crippen molar-refractivity contribution in [2.24, 2.45) is 0 Å². The van der Waals surface area contributed by atoms with Crippen LogP contribution in [0.25, 0.3) is 0 Å². The van der Waals surface area contributed by atoms with Gasteiger partial charge in [0.1, 0.15) is 10.9 Å². The highest BCUT2D eigenvalue weighted by atomic mass is 32.2. The predicted octanol–water partition coefficient (Wildman–Crippen LogP) is -0.322. The number of carboxylic acid groups (broad SMARTS) is 2. The van der Waals surface area contributed by atoms with Crippen molar-refractivity contribution in [3.05, 3.63) is 24.5 Å². The molecule has 0 aliphatic rings. The average molecular weight is 288 g/mol. The molecule has 1 heterocycles. The molecular formula is C10H12N2O6S. The van der Waals surface area contributed by atoms with E-state index in [1.165, 1.54) is 18.3 Å². The van der Waals surface area contributed by atoms with Gasteiger partial charge in [-0.2, -0.15) is 4.72 Å². The zero-order chi connectivity index (χ0) is 14.5. The van der Waals surface area contributed by atoms with Gasteiger partial charge in [0.2, 0.25) is 10.0 Å². The van der Waals surface area contributed by atoms with Crippen LogP contribution in [0.5, 0.6) is 0 Å². The molecular weight excluding hydrogens is 276 g/mol. The van der Waals surface area contributed by atoms with E-state index in [4.69, 9.17) is 10.2 Å². The first-order valence-corrected chi connectivity index (χ1v) is 6.68. The number of aliphatic carboxylic acids is 2. The fourth-order valence-corrected chi connectivity index (χ4v) is 2.45. The fourth-order valence-electron chi connectivity index (χ4n) is 1.26. The number of carbonyl (C=O) groups is 2. The van der Waals surface area contributed by atoms with Gasteiger partial charge in [-0.05, 0) is 18.6 Å². The van der Waals surface area contributed by atoms with Crippen molar-refractivity contribution in [2.45, 2.75) is 23.8 Å². The van der Waals surface area contributed by atoms with Gasteiger partial charge in [0.15, 0.2) is 0 Å². The summed E-state index contributed by atoms with van der Waals surface area (Å²) >= 11 is 0. The Hall–Kier alpha value is -2.00. The Morgan fingerprint density at radius 1 is 1.37 bits per heavy atom. The smallest absolute Gasteiger partial charge is 0.321 e. The van der Waals surface area contributed by atoms with Gasteiger partial charge in [0.05, 0.1) is 0 Å². The average Bonchev–Trinajstić information content (AvgIpc) is 2.35. The topological polar surface area (TPSA) is 134 Å². The molecule has 0 bridgehead atoms. The zero-order valence-electron chi connectivity index (χ0n) is 9.68. The van der Waals surface area contributed by atoms with Crippen LogP contribution in [0.2, 0.25) is 0 Å². The Kier molecular flexibility index (Phi) is 4.95. The third kappa shape index (κ3) is 4.64. The van der Waals surface area contributed by atoms with E-state index in [1.54, 1.807) is 0 Å². The lowest BCUT2D eigenvalue weighted by Gasteiger charge is -2.13. The van der Waals surface area contributed by atoms with Gasteiger partial charge in [0, 0.05) is 18.8 Å². The summed E-state index contributed by atoms with van der Waals surface area (Å²) in [6.45, 7) is 0. The summed E-state index contributed by atoms with van der Waals surface area (Å²) in [5.41, 5.74) is 0. The molecule has 1 aromatic heterocycles. The number of hydrogen-bond donors (Lipinski definition) is 3. The highest BCUT2D eigenvalue weighted by Crippen LogP contribution is 2.08. The van der Waals surface area contributed by atoms with Crippen LogP contribution >= 0.6 is 0 Å². The van der Waals surface area contributed by atoms with E-state index < -0.39 is 34.4 Å². The second-order valence-corrected chi connectivity index (χ2v) is 5.35. The lowest BCUT2D eigenvalue weighted by Crippen LogP contribution is -2.41. The van der Waals surface area contributed by atoms with Crippen LogP contribution in [0.15, 0.2) is 29.4 Å². The van der Waals surface area contributed by atoms with Crippen molar-refractivity contribution in [1.29, 1.82) is 0 Å². The quantitative estimate of drug-likeness (QED) is 0.625. The maximum atomic E-state index is 11.8. The first-order chi connectivity index (χ1) is 8.83. The van der Waals surface area contributed by atoms with Gasteiger partial charge in [-0.1, -0.05) is 0 Å². The molecule has 104 valence electrons. The number of pyridine rings is 1. The summed E-state index contributed by atoms with van der Waals surface area (Å²) in [4.78, 5) is 24.7. The monoisotopic (exact) mass is 288 g/mol. The summed E-state index contributed by atoms with van der Waals surface area (Å²) in [5.74, 6) is -2.64. The molecule has 1 atom stereocenters. The molecule has 0 aromatic carbocycles. The van der Waals surface area contributed by atoms with Crippen LogP contribution in [0.3, 0.4) is 0 Å². The number of aromatic nitrogens is 1. The number of rotatable bonds is 7. The van der Waals surface area contributed by atoms with Gasteiger partial charge in [0.25, 0.3) is 0 Å². The van der Waals surface area contributed by atoms with Crippen molar-refractivity contribution < 1.29 is 28.2 Å². The van der Waals surface area contributed by atoms with Crippen LogP contribution in [-0.4, -0.2) is 41.6 Å². The standard InChI is InChI=1S/C10H12N2O6S/c13-9(14)4-3-8(10(15)16)12-19(17,18)7-2-1-5-11-6-7/h1-2,5-6,8,12H,3-4H2,(H,13,14)(H,15,16). The maximum absolute atomic E-state index is 11.8. The maximum Gasteiger partial charge on any atom is 0.321 e. The molecule has 9 heteroatoms. The molecule has 1 rings (SSSR count). The molecule has 0 saturated carbocycles. The van der Waals surface area contributed by atoms with Crippen molar-refractivity contribution in [3.8, 4) is 0 Å². The Labute approximate surface area is 109 Å². The summed E-state index contributed by atoms with van der Waals surface area (Å²) in [6.07, 6.45) is 1.65. The molecule has 1 unspecified atom stereocenters. The molecule has 8 nitrogen and oxygen atoms in total. The third-order valence-electron chi connectivity index (χ3n) is 2.19. The first-order valence-electron chi connectivity index (χ1n) is 5.20. The summed E-state index contributed by atoms with van der Waals surface area (Å²) < 4.78 is 25.6. The van der Waals surface area contributed by atoms with Gasteiger partial charge in [-0.15, -0.1) is 0 Å². The molecule has 1 aromatic rings. The summed E-state index contributed by atoms with van der Waals surface area (Å²) in [6, 6.07) is 1.15. The highest BCUT2D eigenvalue weighted by Gasteiger charge is 2.25.